The van der Waals surface area contributed by atoms with Crippen molar-refractivity contribution in [3.63, 3.8) is 0 Å². The molecule has 0 saturated carbocycles. The molecule has 0 fully saturated rings. The molecule has 0 amide bonds. The second kappa shape index (κ2) is 8.25. The summed E-state index contributed by atoms with van der Waals surface area (Å²) in [6, 6.07) is 0.492. The molecule has 2 heteroatoms. The van der Waals surface area contributed by atoms with Crippen molar-refractivity contribution in [2.75, 3.05) is 0 Å². The normalized spacial score (nSPS) is 15.9. The highest BCUT2D eigenvalue weighted by Crippen LogP contribution is 2.18. The Labute approximate surface area is 89.6 Å². The van der Waals surface area contributed by atoms with Crippen LogP contribution >= 0.6 is 0 Å². The van der Waals surface area contributed by atoms with Gasteiger partial charge in [0.2, 0.25) is 0 Å². The van der Waals surface area contributed by atoms with Crippen LogP contribution in [0.3, 0.4) is 0 Å². The van der Waals surface area contributed by atoms with Crippen molar-refractivity contribution in [2.45, 2.75) is 65.8 Å². The summed E-state index contributed by atoms with van der Waals surface area (Å²) in [6.07, 6.45) is 6.53. The lowest BCUT2D eigenvalue weighted by molar-refractivity contribution is 0.281. The Morgan fingerprint density at radius 1 is 1.07 bits per heavy atom. The summed E-state index contributed by atoms with van der Waals surface area (Å²) in [6.45, 7) is 9.06. The molecule has 0 aromatic heterocycles. The molecule has 86 valence electrons. The molecule has 3 N–H and O–H groups in total. The van der Waals surface area contributed by atoms with E-state index in [0.717, 1.165) is 0 Å². The van der Waals surface area contributed by atoms with Gasteiger partial charge in [0.1, 0.15) is 0 Å². The fraction of sp³-hybridized carbons (Fsp3) is 1.00. The van der Waals surface area contributed by atoms with Crippen molar-refractivity contribution >= 4 is 0 Å². The van der Waals surface area contributed by atoms with Crippen molar-refractivity contribution in [1.82, 2.24) is 5.43 Å². The Morgan fingerprint density at radius 3 is 2.14 bits per heavy atom. The molecule has 0 radical (unpaired) electrons. The molecule has 0 spiro atoms. The van der Waals surface area contributed by atoms with Gasteiger partial charge in [-0.2, -0.15) is 0 Å². The molecule has 14 heavy (non-hydrogen) atoms. The quantitative estimate of drug-likeness (QED) is 0.359. The molecule has 0 aromatic carbocycles. The Morgan fingerprint density at radius 2 is 1.71 bits per heavy atom. The van der Waals surface area contributed by atoms with Gasteiger partial charge in [-0.3, -0.25) is 11.3 Å². The standard InChI is InChI=1S/C12H28N2/c1-5-6-7-8-9-12(14-13)11(4)10(2)3/h10-12,14H,5-9,13H2,1-4H3. The highest BCUT2D eigenvalue weighted by Gasteiger charge is 2.17. The Kier molecular flexibility index (Phi) is 8.20. The summed E-state index contributed by atoms with van der Waals surface area (Å²) in [5, 5.41) is 0. The number of hydrogen-bond acceptors (Lipinski definition) is 2. The van der Waals surface area contributed by atoms with E-state index in [-0.39, 0.29) is 0 Å². The second-order valence-corrected chi connectivity index (χ2v) is 4.73. The third-order valence-corrected chi connectivity index (χ3v) is 3.27. The van der Waals surface area contributed by atoms with Crippen LogP contribution in [0.25, 0.3) is 0 Å². The Balaban J connectivity index is 3.67. The predicted molar refractivity (Wildman–Crippen MR) is 63.9 cm³/mol. The molecule has 0 aliphatic rings. The van der Waals surface area contributed by atoms with Gasteiger partial charge in [0.05, 0.1) is 0 Å². The summed E-state index contributed by atoms with van der Waals surface area (Å²) in [5.74, 6) is 6.95. The van der Waals surface area contributed by atoms with E-state index >= 15 is 0 Å². The van der Waals surface area contributed by atoms with Crippen LogP contribution in [0.4, 0.5) is 0 Å². The number of hydrogen-bond donors (Lipinski definition) is 2. The molecular weight excluding hydrogens is 172 g/mol. The van der Waals surface area contributed by atoms with E-state index in [1.807, 2.05) is 0 Å². The van der Waals surface area contributed by atoms with Crippen molar-refractivity contribution in [3.8, 4) is 0 Å². The summed E-state index contributed by atoms with van der Waals surface area (Å²) in [5.41, 5.74) is 2.96. The molecule has 2 nitrogen and oxygen atoms in total. The summed E-state index contributed by atoms with van der Waals surface area (Å²) in [7, 11) is 0. The minimum Gasteiger partial charge on any atom is -0.271 e. The number of hydrazine groups is 1. The number of nitrogens with two attached hydrogens (primary N) is 1. The molecule has 0 heterocycles. The lowest BCUT2D eigenvalue weighted by Crippen LogP contribution is -2.41. The molecule has 0 bridgehead atoms. The maximum Gasteiger partial charge on any atom is 0.0238 e. The highest BCUT2D eigenvalue weighted by molar-refractivity contribution is 4.73. The highest BCUT2D eigenvalue weighted by atomic mass is 15.2. The number of nitrogens with one attached hydrogen (secondary N) is 1. The average Bonchev–Trinajstić information content (AvgIpc) is 2.17. The first kappa shape index (κ1) is 13.9. The first-order valence-corrected chi connectivity index (χ1v) is 6.09. The zero-order valence-electron chi connectivity index (χ0n) is 10.3. The number of rotatable bonds is 8. The molecule has 0 aliphatic heterocycles. The van der Waals surface area contributed by atoms with Gasteiger partial charge in [-0.05, 0) is 18.3 Å². The van der Waals surface area contributed by atoms with E-state index < -0.39 is 0 Å². The van der Waals surface area contributed by atoms with Crippen LogP contribution in [0.5, 0.6) is 0 Å². The first-order valence-electron chi connectivity index (χ1n) is 6.09. The molecule has 2 unspecified atom stereocenters. The van der Waals surface area contributed by atoms with E-state index in [1.54, 1.807) is 0 Å². The van der Waals surface area contributed by atoms with E-state index in [0.29, 0.717) is 17.9 Å². The Bertz CT molecular complexity index is 123. The maximum atomic E-state index is 5.58. The summed E-state index contributed by atoms with van der Waals surface area (Å²) in [4.78, 5) is 0. The van der Waals surface area contributed by atoms with Gasteiger partial charge < -0.3 is 0 Å². The van der Waals surface area contributed by atoms with Crippen LogP contribution < -0.4 is 11.3 Å². The fourth-order valence-electron chi connectivity index (χ4n) is 1.75. The second-order valence-electron chi connectivity index (χ2n) is 4.73. The zero-order chi connectivity index (χ0) is 11.0. The van der Waals surface area contributed by atoms with Crippen LogP contribution in [0.15, 0.2) is 0 Å². The van der Waals surface area contributed by atoms with Crippen molar-refractivity contribution < 1.29 is 0 Å². The van der Waals surface area contributed by atoms with Crippen LogP contribution in [-0.2, 0) is 0 Å². The van der Waals surface area contributed by atoms with E-state index in [4.69, 9.17) is 5.84 Å². The van der Waals surface area contributed by atoms with E-state index in [1.165, 1.54) is 32.1 Å². The van der Waals surface area contributed by atoms with Crippen LogP contribution in [0.1, 0.15) is 59.8 Å². The van der Waals surface area contributed by atoms with Crippen LogP contribution in [0.2, 0.25) is 0 Å². The molecule has 2 atom stereocenters. The van der Waals surface area contributed by atoms with Crippen molar-refractivity contribution in [2.24, 2.45) is 17.7 Å². The van der Waals surface area contributed by atoms with Gasteiger partial charge in [-0.25, -0.2) is 0 Å². The van der Waals surface area contributed by atoms with Gasteiger partial charge in [0.25, 0.3) is 0 Å². The molecule has 0 aromatic rings. The minimum absolute atomic E-state index is 0.492. The minimum atomic E-state index is 0.492. The van der Waals surface area contributed by atoms with Gasteiger partial charge >= 0.3 is 0 Å². The monoisotopic (exact) mass is 200 g/mol. The molecule has 0 rings (SSSR count). The Hall–Kier alpha value is -0.0800. The average molecular weight is 200 g/mol. The predicted octanol–water partition coefficient (Wildman–Crippen LogP) is 3.08. The molecule has 0 aliphatic carbocycles. The summed E-state index contributed by atoms with van der Waals surface area (Å²) < 4.78 is 0. The largest absolute Gasteiger partial charge is 0.271 e. The van der Waals surface area contributed by atoms with Crippen LogP contribution in [0, 0.1) is 11.8 Å². The fourth-order valence-corrected chi connectivity index (χ4v) is 1.75. The SMILES string of the molecule is CCCCCCC(NN)C(C)C(C)C. The van der Waals surface area contributed by atoms with Gasteiger partial charge in [-0.1, -0.05) is 53.4 Å². The molecular formula is C12H28N2. The third kappa shape index (κ3) is 5.61. The van der Waals surface area contributed by atoms with Gasteiger partial charge in [0, 0.05) is 6.04 Å². The van der Waals surface area contributed by atoms with Crippen molar-refractivity contribution in [1.29, 1.82) is 0 Å². The maximum absolute atomic E-state index is 5.58. The number of unbranched alkanes of at least 4 members (excludes halogenated alkanes) is 3. The lowest BCUT2D eigenvalue weighted by Gasteiger charge is -2.26. The van der Waals surface area contributed by atoms with Gasteiger partial charge in [-0.15, -0.1) is 0 Å². The van der Waals surface area contributed by atoms with E-state index in [9.17, 15) is 0 Å². The smallest absolute Gasteiger partial charge is 0.0238 e. The first-order chi connectivity index (χ1) is 6.63. The summed E-state index contributed by atoms with van der Waals surface area (Å²) >= 11 is 0. The zero-order valence-corrected chi connectivity index (χ0v) is 10.3. The van der Waals surface area contributed by atoms with Crippen molar-refractivity contribution in [3.05, 3.63) is 0 Å². The van der Waals surface area contributed by atoms with Gasteiger partial charge in [0.15, 0.2) is 0 Å². The topological polar surface area (TPSA) is 38.0 Å². The van der Waals surface area contributed by atoms with Crippen LogP contribution in [-0.4, -0.2) is 6.04 Å². The lowest BCUT2D eigenvalue weighted by atomic mass is 9.87. The third-order valence-electron chi connectivity index (χ3n) is 3.27. The van der Waals surface area contributed by atoms with E-state index in [2.05, 4.69) is 33.1 Å². The molecule has 0 saturated heterocycles.